The molecule has 2 N–H and O–H groups in total. The topological polar surface area (TPSA) is 59.6 Å². The second-order valence-electron chi connectivity index (χ2n) is 5.46. The average molecular weight is 368 g/mol. The van der Waals surface area contributed by atoms with Gasteiger partial charge in [-0.25, -0.2) is 4.79 Å². The van der Waals surface area contributed by atoms with Crippen molar-refractivity contribution in [2.45, 2.75) is 19.3 Å². The lowest BCUT2D eigenvalue weighted by molar-refractivity contribution is -0.176. The Morgan fingerprint density at radius 1 is 1.00 bits per heavy atom. The van der Waals surface area contributed by atoms with E-state index < -0.39 is 12.8 Å². The first-order valence-corrected chi connectivity index (χ1v) is 7.77. The van der Waals surface area contributed by atoms with Gasteiger partial charge in [-0.15, -0.1) is 0 Å². The van der Waals surface area contributed by atoms with Crippen LogP contribution in [-0.2, 0) is 17.9 Å². The largest absolute Gasteiger partial charge is 0.497 e. The van der Waals surface area contributed by atoms with Gasteiger partial charge in [0.25, 0.3) is 0 Å². The van der Waals surface area contributed by atoms with Gasteiger partial charge in [0.1, 0.15) is 12.4 Å². The minimum atomic E-state index is -4.33. The van der Waals surface area contributed by atoms with Crippen molar-refractivity contribution in [1.29, 1.82) is 0 Å². The fourth-order valence-corrected chi connectivity index (χ4v) is 2.07. The summed E-state index contributed by atoms with van der Waals surface area (Å²) < 4.78 is 45.7. The molecule has 0 spiro atoms. The predicted octanol–water partition coefficient (Wildman–Crippen LogP) is 4.10. The highest BCUT2D eigenvalue weighted by Gasteiger charge is 2.27. The van der Waals surface area contributed by atoms with Gasteiger partial charge in [0, 0.05) is 12.2 Å². The Hall–Kier alpha value is -2.74. The molecule has 0 radical (unpaired) electrons. The van der Waals surface area contributed by atoms with E-state index in [-0.39, 0.29) is 19.2 Å². The molecule has 0 aliphatic rings. The molecule has 0 aliphatic heterocycles. The van der Waals surface area contributed by atoms with Gasteiger partial charge in [-0.3, -0.25) is 0 Å². The van der Waals surface area contributed by atoms with Crippen LogP contribution >= 0.6 is 0 Å². The van der Waals surface area contributed by atoms with E-state index in [1.165, 1.54) is 0 Å². The molecule has 0 bridgehead atoms. The van der Waals surface area contributed by atoms with Crippen LogP contribution in [0.15, 0.2) is 48.5 Å². The summed E-state index contributed by atoms with van der Waals surface area (Å²) in [5, 5.41) is 5.38. The van der Waals surface area contributed by atoms with Gasteiger partial charge >= 0.3 is 12.2 Å². The van der Waals surface area contributed by atoms with Crippen LogP contribution in [0, 0.1) is 0 Å². The number of hydrogen-bond donors (Lipinski definition) is 2. The summed E-state index contributed by atoms with van der Waals surface area (Å²) in [5.41, 5.74) is 2.07. The number of hydrogen-bond acceptors (Lipinski definition) is 3. The molecule has 0 saturated carbocycles. The fraction of sp³-hybridized carbons (Fsp3) is 0.278. The second-order valence-corrected chi connectivity index (χ2v) is 5.46. The van der Waals surface area contributed by atoms with Gasteiger partial charge in [-0.1, -0.05) is 24.3 Å². The molecule has 0 saturated heterocycles. The standard InChI is InChI=1S/C18H19F3N2O3/c1-25-16-8-6-15(7-9-16)23-17(24)22-10-13-2-4-14(5-3-13)11-26-12-18(19,20)21/h2-9H,10-12H2,1H3,(H2,22,23,24). The van der Waals surface area contributed by atoms with Gasteiger partial charge in [0.05, 0.1) is 13.7 Å². The number of ether oxygens (including phenoxy) is 2. The minimum Gasteiger partial charge on any atom is -0.497 e. The van der Waals surface area contributed by atoms with Crippen molar-refractivity contribution in [1.82, 2.24) is 5.32 Å². The quantitative estimate of drug-likeness (QED) is 0.774. The first kappa shape index (κ1) is 19.6. The van der Waals surface area contributed by atoms with E-state index in [1.54, 1.807) is 55.6 Å². The number of amides is 2. The molecule has 5 nitrogen and oxygen atoms in total. The maximum atomic E-state index is 12.0. The molecular formula is C18H19F3N2O3. The number of anilines is 1. The molecular weight excluding hydrogens is 349 g/mol. The zero-order chi connectivity index (χ0) is 19.0. The van der Waals surface area contributed by atoms with Crippen LogP contribution in [0.4, 0.5) is 23.7 Å². The van der Waals surface area contributed by atoms with Crippen molar-refractivity contribution in [3.8, 4) is 5.75 Å². The van der Waals surface area contributed by atoms with E-state index in [0.717, 1.165) is 5.56 Å². The summed E-state index contributed by atoms with van der Waals surface area (Å²) in [6.45, 7) is -1.11. The summed E-state index contributed by atoms with van der Waals surface area (Å²) in [5.74, 6) is 0.690. The summed E-state index contributed by atoms with van der Waals surface area (Å²) >= 11 is 0. The maximum Gasteiger partial charge on any atom is 0.411 e. The molecule has 8 heteroatoms. The summed E-state index contributed by atoms with van der Waals surface area (Å²) in [6, 6.07) is 13.3. The zero-order valence-electron chi connectivity index (χ0n) is 14.1. The monoisotopic (exact) mass is 368 g/mol. The molecule has 0 aromatic heterocycles. The zero-order valence-corrected chi connectivity index (χ0v) is 14.1. The molecule has 0 unspecified atom stereocenters. The predicted molar refractivity (Wildman–Crippen MR) is 91.0 cm³/mol. The number of halogens is 3. The molecule has 26 heavy (non-hydrogen) atoms. The molecule has 0 fully saturated rings. The van der Waals surface area contributed by atoms with Crippen LogP contribution in [0.2, 0.25) is 0 Å². The lowest BCUT2D eigenvalue weighted by atomic mass is 10.1. The first-order valence-electron chi connectivity index (χ1n) is 7.77. The maximum absolute atomic E-state index is 12.0. The van der Waals surface area contributed by atoms with E-state index in [9.17, 15) is 18.0 Å². The van der Waals surface area contributed by atoms with Gasteiger partial charge < -0.3 is 20.1 Å². The van der Waals surface area contributed by atoms with E-state index >= 15 is 0 Å². The van der Waals surface area contributed by atoms with Crippen molar-refractivity contribution in [3.63, 3.8) is 0 Å². The fourth-order valence-electron chi connectivity index (χ4n) is 2.07. The summed E-state index contributed by atoms with van der Waals surface area (Å²) in [4.78, 5) is 11.9. The third kappa shape index (κ3) is 7.02. The highest BCUT2D eigenvalue weighted by molar-refractivity contribution is 5.89. The molecule has 0 heterocycles. The second kappa shape index (κ2) is 9.10. The highest BCUT2D eigenvalue weighted by Crippen LogP contribution is 2.16. The number of benzene rings is 2. The number of methoxy groups -OCH3 is 1. The summed E-state index contributed by atoms with van der Waals surface area (Å²) in [6.07, 6.45) is -4.33. The third-order valence-corrected chi connectivity index (χ3v) is 3.36. The molecule has 0 atom stereocenters. The number of carbonyl (C=O) groups excluding carboxylic acids is 1. The number of nitrogens with one attached hydrogen (secondary N) is 2. The highest BCUT2D eigenvalue weighted by atomic mass is 19.4. The smallest absolute Gasteiger partial charge is 0.411 e. The SMILES string of the molecule is COc1ccc(NC(=O)NCc2ccc(COCC(F)(F)F)cc2)cc1. The summed E-state index contributed by atoms with van der Waals surface area (Å²) in [7, 11) is 1.56. The lowest BCUT2D eigenvalue weighted by Crippen LogP contribution is -2.28. The van der Waals surface area contributed by atoms with E-state index in [2.05, 4.69) is 15.4 Å². The molecule has 2 rings (SSSR count). The van der Waals surface area contributed by atoms with E-state index in [1.807, 2.05) is 0 Å². The van der Waals surface area contributed by atoms with Crippen molar-refractivity contribution in [2.75, 3.05) is 19.0 Å². The van der Waals surface area contributed by atoms with Gasteiger partial charge in [-0.05, 0) is 35.4 Å². The van der Waals surface area contributed by atoms with Crippen molar-refractivity contribution in [2.24, 2.45) is 0 Å². The van der Waals surface area contributed by atoms with E-state index in [0.29, 0.717) is 17.0 Å². The Morgan fingerprint density at radius 2 is 1.62 bits per heavy atom. The third-order valence-electron chi connectivity index (χ3n) is 3.36. The normalized spacial score (nSPS) is 11.1. The molecule has 2 amide bonds. The number of rotatable bonds is 7. The van der Waals surface area contributed by atoms with E-state index in [4.69, 9.17) is 4.74 Å². The lowest BCUT2D eigenvalue weighted by Gasteiger charge is -2.10. The van der Waals surface area contributed by atoms with Crippen LogP contribution in [-0.4, -0.2) is 25.9 Å². The van der Waals surface area contributed by atoms with Crippen LogP contribution < -0.4 is 15.4 Å². The van der Waals surface area contributed by atoms with Crippen LogP contribution in [0.5, 0.6) is 5.75 Å². The Labute approximate surface area is 149 Å². The minimum absolute atomic E-state index is 0.120. The Balaban J connectivity index is 1.75. The van der Waals surface area contributed by atoms with Crippen molar-refractivity contribution < 1.29 is 27.4 Å². The van der Waals surface area contributed by atoms with Gasteiger partial charge in [0.15, 0.2) is 0 Å². The Bertz CT molecular complexity index is 701. The molecule has 140 valence electrons. The Kier molecular flexibility index (Phi) is 6.85. The Morgan fingerprint density at radius 3 is 2.19 bits per heavy atom. The van der Waals surface area contributed by atoms with Crippen molar-refractivity contribution >= 4 is 11.7 Å². The molecule has 0 aliphatic carbocycles. The average Bonchev–Trinajstić information content (AvgIpc) is 2.61. The number of carbonyl (C=O) groups is 1. The first-order chi connectivity index (χ1) is 12.4. The number of alkyl halides is 3. The van der Waals surface area contributed by atoms with Crippen LogP contribution in [0.25, 0.3) is 0 Å². The van der Waals surface area contributed by atoms with Crippen molar-refractivity contribution in [3.05, 3.63) is 59.7 Å². The van der Waals surface area contributed by atoms with Gasteiger partial charge in [0.2, 0.25) is 0 Å². The number of urea groups is 1. The van der Waals surface area contributed by atoms with Gasteiger partial charge in [-0.2, -0.15) is 13.2 Å². The molecule has 2 aromatic rings. The molecule has 2 aromatic carbocycles. The van der Waals surface area contributed by atoms with Crippen LogP contribution in [0.3, 0.4) is 0 Å². The van der Waals surface area contributed by atoms with Crippen LogP contribution in [0.1, 0.15) is 11.1 Å².